The Labute approximate surface area is 143 Å². The number of nitrogens with zero attached hydrogens (tertiary/aromatic N) is 2. The summed E-state index contributed by atoms with van der Waals surface area (Å²) < 4.78 is 1.52. The minimum Gasteiger partial charge on any atom is -0.384 e. The molecule has 3 nitrogen and oxygen atoms in total. The van der Waals surface area contributed by atoms with E-state index < -0.39 is 0 Å². The van der Waals surface area contributed by atoms with Crippen LogP contribution in [0.4, 0.5) is 5.82 Å². The second-order valence-corrected chi connectivity index (χ2v) is 6.20. The van der Waals surface area contributed by atoms with Gasteiger partial charge in [0.05, 0.1) is 15.7 Å². The summed E-state index contributed by atoms with van der Waals surface area (Å²) in [5.41, 5.74) is 9.48. The van der Waals surface area contributed by atoms with E-state index in [1.54, 1.807) is 18.2 Å². The van der Waals surface area contributed by atoms with Crippen molar-refractivity contribution in [2.45, 2.75) is 6.92 Å². The second kappa shape index (κ2) is 5.84. The largest absolute Gasteiger partial charge is 0.384 e. The van der Waals surface area contributed by atoms with Gasteiger partial charge in [0.15, 0.2) is 0 Å². The fourth-order valence-electron chi connectivity index (χ4n) is 2.18. The third-order valence-corrected chi connectivity index (χ3v) is 4.07. The molecule has 1 heterocycles. The summed E-state index contributed by atoms with van der Waals surface area (Å²) in [6, 6.07) is 13.0. The van der Waals surface area contributed by atoms with E-state index in [1.807, 2.05) is 31.2 Å². The van der Waals surface area contributed by atoms with Crippen LogP contribution in [0, 0.1) is 6.92 Å². The van der Waals surface area contributed by atoms with Crippen molar-refractivity contribution in [2.24, 2.45) is 0 Å². The Morgan fingerprint density at radius 2 is 1.55 bits per heavy atom. The van der Waals surface area contributed by atoms with Crippen LogP contribution in [0.5, 0.6) is 0 Å². The zero-order chi connectivity index (χ0) is 15.9. The molecule has 112 valence electrons. The van der Waals surface area contributed by atoms with Crippen LogP contribution in [0.3, 0.4) is 0 Å². The van der Waals surface area contributed by atoms with Gasteiger partial charge in [0.1, 0.15) is 11.5 Å². The molecule has 2 N–H and O–H groups in total. The van der Waals surface area contributed by atoms with Gasteiger partial charge >= 0.3 is 0 Å². The molecular formula is C16H12Cl3N3. The van der Waals surface area contributed by atoms with E-state index in [4.69, 9.17) is 40.5 Å². The molecule has 0 bridgehead atoms. The molecular weight excluding hydrogens is 341 g/mol. The minimum atomic E-state index is 0.391. The smallest absolute Gasteiger partial charge is 0.127 e. The predicted molar refractivity (Wildman–Crippen MR) is 93.2 cm³/mol. The van der Waals surface area contributed by atoms with Crippen molar-refractivity contribution in [1.29, 1.82) is 0 Å². The van der Waals surface area contributed by atoms with Gasteiger partial charge < -0.3 is 5.73 Å². The molecule has 0 radical (unpaired) electrons. The Kier molecular flexibility index (Phi) is 4.04. The monoisotopic (exact) mass is 351 g/mol. The predicted octanol–water partition coefficient (Wildman–Crippen LogP) is 5.39. The van der Waals surface area contributed by atoms with Crippen LogP contribution < -0.4 is 5.73 Å². The Hall–Kier alpha value is -1.68. The quantitative estimate of drug-likeness (QED) is 0.672. The Balaban J connectivity index is 2.12. The van der Waals surface area contributed by atoms with E-state index in [0.717, 1.165) is 11.3 Å². The van der Waals surface area contributed by atoms with Crippen molar-refractivity contribution >= 4 is 40.6 Å². The highest BCUT2D eigenvalue weighted by atomic mass is 35.5. The number of rotatable bonds is 2. The van der Waals surface area contributed by atoms with Crippen LogP contribution in [-0.2, 0) is 0 Å². The number of halogens is 3. The van der Waals surface area contributed by atoms with E-state index in [9.17, 15) is 0 Å². The lowest BCUT2D eigenvalue weighted by Gasteiger charge is -2.09. The van der Waals surface area contributed by atoms with Crippen molar-refractivity contribution in [3.05, 3.63) is 63.1 Å². The number of aromatic nitrogens is 2. The highest BCUT2D eigenvalue weighted by Gasteiger charge is 2.15. The van der Waals surface area contributed by atoms with Crippen LogP contribution in [0.25, 0.3) is 16.9 Å². The molecule has 0 saturated heterocycles. The summed E-state index contributed by atoms with van der Waals surface area (Å²) in [5, 5.41) is 5.76. The maximum absolute atomic E-state index is 6.23. The molecule has 0 aliphatic heterocycles. The topological polar surface area (TPSA) is 43.8 Å². The lowest BCUT2D eigenvalue weighted by atomic mass is 10.1. The van der Waals surface area contributed by atoms with Gasteiger partial charge in [0.2, 0.25) is 0 Å². The average molecular weight is 353 g/mol. The molecule has 1 aromatic heterocycles. The molecule has 0 spiro atoms. The maximum atomic E-state index is 6.23. The number of aryl methyl sites for hydroxylation is 1. The van der Waals surface area contributed by atoms with E-state index >= 15 is 0 Å². The Morgan fingerprint density at radius 1 is 0.955 bits per heavy atom. The van der Waals surface area contributed by atoms with Gasteiger partial charge in [-0.2, -0.15) is 5.10 Å². The first-order valence-corrected chi connectivity index (χ1v) is 7.66. The molecule has 6 heteroatoms. The number of anilines is 1. The summed E-state index contributed by atoms with van der Waals surface area (Å²) in [5.74, 6) is 0.446. The molecule has 3 rings (SSSR count). The lowest BCUT2D eigenvalue weighted by molar-refractivity contribution is 0.895. The molecule has 0 aliphatic rings. The van der Waals surface area contributed by atoms with Crippen LogP contribution in [0.2, 0.25) is 15.1 Å². The van der Waals surface area contributed by atoms with E-state index in [-0.39, 0.29) is 0 Å². The van der Waals surface area contributed by atoms with Gasteiger partial charge in [-0.25, -0.2) is 4.68 Å². The summed E-state index contributed by atoms with van der Waals surface area (Å²) in [6.07, 6.45) is 0. The second-order valence-electron chi connectivity index (χ2n) is 4.95. The fourth-order valence-corrected chi connectivity index (χ4v) is 3.15. The van der Waals surface area contributed by atoms with Crippen LogP contribution in [0.15, 0.2) is 42.5 Å². The Bertz CT molecular complexity index is 815. The molecule has 2 aromatic carbocycles. The Morgan fingerprint density at radius 3 is 2.14 bits per heavy atom. The molecule has 0 atom stereocenters. The number of nitrogens with two attached hydrogens (primary N) is 1. The zero-order valence-electron chi connectivity index (χ0n) is 11.6. The summed E-state index contributed by atoms with van der Waals surface area (Å²) >= 11 is 18.4. The molecule has 3 aromatic rings. The summed E-state index contributed by atoms with van der Waals surface area (Å²) in [6.45, 7) is 2.03. The fraction of sp³-hybridized carbons (Fsp3) is 0.0625. The molecule has 0 fully saturated rings. The van der Waals surface area contributed by atoms with Crippen molar-refractivity contribution in [3.63, 3.8) is 0 Å². The van der Waals surface area contributed by atoms with Gasteiger partial charge in [0, 0.05) is 16.7 Å². The van der Waals surface area contributed by atoms with Crippen LogP contribution >= 0.6 is 34.8 Å². The normalized spacial score (nSPS) is 10.9. The molecule has 0 saturated carbocycles. The minimum absolute atomic E-state index is 0.391. The third kappa shape index (κ3) is 2.80. The average Bonchev–Trinajstić information content (AvgIpc) is 2.80. The van der Waals surface area contributed by atoms with Gasteiger partial charge in [-0.05, 0) is 19.1 Å². The summed E-state index contributed by atoms with van der Waals surface area (Å²) in [7, 11) is 0. The molecule has 0 unspecified atom stereocenters. The molecule has 0 aliphatic carbocycles. The number of nitrogen functional groups attached to an aromatic ring is 1. The van der Waals surface area contributed by atoms with Gasteiger partial charge in [0.25, 0.3) is 0 Å². The first kappa shape index (κ1) is 15.2. The first-order valence-electron chi connectivity index (χ1n) is 6.53. The molecule has 22 heavy (non-hydrogen) atoms. The van der Waals surface area contributed by atoms with Crippen molar-refractivity contribution in [1.82, 2.24) is 9.78 Å². The highest BCUT2D eigenvalue weighted by molar-refractivity contribution is 6.40. The van der Waals surface area contributed by atoms with Gasteiger partial charge in [-0.3, -0.25) is 0 Å². The van der Waals surface area contributed by atoms with E-state index in [1.165, 1.54) is 10.2 Å². The third-order valence-electron chi connectivity index (χ3n) is 3.28. The van der Waals surface area contributed by atoms with E-state index in [0.29, 0.717) is 26.6 Å². The van der Waals surface area contributed by atoms with Crippen molar-refractivity contribution in [2.75, 3.05) is 5.73 Å². The highest BCUT2D eigenvalue weighted by Crippen LogP contribution is 2.34. The SMILES string of the molecule is Cc1ccc(-c2cc(N)n(-c3c(Cl)cc(Cl)cc3Cl)n2)cc1. The standard InChI is InChI=1S/C16H12Cl3N3/c1-9-2-4-10(5-3-9)14-8-15(20)22(21-14)16-12(18)6-11(17)7-13(16)19/h2-8H,20H2,1H3. The first-order chi connectivity index (χ1) is 10.5. The van der Waals surface area contributed by atoms with Gasteiger partial charge in [-0.1, -0.05) is 64.6 Å². The van der Waals surface area contributed by atoms with Crippen molar-refractivity contribution in [3.8, 4) is 16.9 Å². The number of benzene rings is 2. The summed E-state index contributed by atoms with van der Waals surface area (Å²) in [4.78, 5) is 0. The molecule has 0 amide bonds. The maximum Gasteiger partial charge on any atom is 0.127 e. The number of hydrogen-bond donors (Lipinski definition) is 1. The number of hydrogen-bond acceptors (Lipinski definition) is 2. The van der Waals surface area contributed by atoms with Gasteiger partial charge in [-0.15, -0.1) is 0 Å². The van der Waals surface area contributed by atoms with Crippen LogP contribution in [-0.4, -0.2) is 9.78 Å². The van der Waals surface area contributed by atoms with E-state index in [2.05, 4.69) is 5.10 Å². The van der Waals surface area contributed by atoms with Crippen molar-refractivity contribution < 1.29 is 0 Å². The lowest BCUT2D eigenvalue weighted by Crippen LogP contribution is -2.03. The zero-order valence-corrected chi connectivity index (χ0v) is 13.9. The van der Waals surface area contributed by atoms with Crippen LogP contribution in [0.1, 0.15) is 5.56 Å².